The van der Waals surface area contributed by atoms with Crippen LogP contribution in [0.2, 0.25) is 5.02 Å². The minimum atomic E-state index is -0.591. The van der Waals surface area contributed by atoms with Crippen LogP contribution in [0, 0.1) is 3.57 Å². The first kappa shape index (κ1) is 13.9. The zero-order valence-electron chi connectivity index (χ0n) is 9.65. The first-order valence-corrected chi connectivity index (χ1v) is 6.70. The number of nitrogens with one attached hydrogen (secondary N) is 1. The molecule has 0 fully saturated rings. The quantitative estimate of drug-likeness (QED) is 0.705. The van der Waals surface area contributed by atoms with Gasteiger partial charge in [0.25, 0.3) is 5.91 Å². The minimum Gasteiger partial charge on any atom is -0.397 e. The van der Waals surface area contributed by atoms with Gasteiger partial charge >= 0.3 is 0 Å². The van der Waals surface area contributed by atoms with Crippen LogP contribution in [-0.2, 0) is 0 Å². The van der Waals surface area contributed by atoms with Crippen LogP contribution in [0.5, 0.6) is 0 Å². The van der Waals surface area contributed by atoms with E-state index in [-0.39, 0.29) is 5.56 Å². The van der Waals surface area contributed by atoms with Crippen molar-refractivity contribution in [2.45, 2.75) is 0 Å². The van der Waals surface area contributed by atoms with Crippen molar-refractivity contribution in [2.24, 2.45) is 5.73 Å². The molecule has 0 aliphatic rings. The van der Waals surface area contributed by atoms with Crippen LogP contribution in [0.15, 0.2) is 30.5 Å². The lowest BCUT2D eigenvalue weighted by Gasteiger charge is -2.11. The van der Waals surface area contributed by atoms with Crippen molar-refractivity contribution in [2.75, 3.05) is 11.1 Å². The molecule has 19 heavy (non-hydrogen) atoms. The molecule has 5 N–H and O–H groups in total. The Balaban J connectivity index is 2.40. The maximum Gasteiger partial charge on any atom is 0.252 e. The molecule has 0 aliphatic heterocycles. The van der Waals surface area contributed by atoms with Crippen LogP contribution in [0.1, 0.15) is 10.4 Å². The molecule has 1 aromatic heterocycles. The zero-order chi connectivity index (χ0) is 14.0. The fraction of sp³-hybridized carbons (Fsp3) is 0. The number of anilines is 3. The van der Waals surface area contributed by atoms with Gasteiger partial charge in [0.05, 0.1) is 23.1 Å². The maximum absolute atomic E-state index is 11.4. The fourth-order valence-electron chi connectivity index (χ4n) is 1.49. The van der Waals surface area contributed by atoms with Crippen LogP contribution in [0.4, 0.5) is 17.2 Å². The van der Waals surface area contributed by atoms with E-state index in [9.17, 15) is 4.79 Å². The summed E-state index contributed by atoms with van der Waals surface area (Å²) in [6, 6.07) is 6.83. The third-order valence-electron chi connectivity index (χ3n) is 2.36. The lowest BCUT2D eigenvalue weighted by Crippen LogP contribution is -2.15. The highest BCUT2D eigenvalue weighted by atomic mass is 127. The highest BCUT2D eigenvalue weighted by Crippen LogP contribution is 2.26. The van der Waals surface area contributed by atoms with Gasteiger partial charge in [0, 0.05) is 8.59 Å². The molecular formula is C12H10ClIN4O. The van der Waals surface area contributed by atoms with Gasteiger partial charge in [-0.2, -0.15) is 0 Å². The summed E-state index contributed by atoms with van der Waals surface area (Å²) in [5.41, 5.74) is 12.3. The zero-order valence-corrected chi connectivity index (χ0v) is 12.6. The normalized spacial score (nSPS) is 10.2. The van der Waals surface area contributed by atoms with Crippen LogP contribution in [0.25, 0.3) is 0 Å². The van der Waals surface area contributed by atoms with Gasteiger partial charge in [-0.05, 0) is 46.9 Å². The monoisotopic (exact) mass is 388 g/mol. The third-order valence-corrected chi connectivity index (χ3v) is 3.49. The number of nitrogen functional groups attached to an aromatic ring is 1. The lowest BCUT2D eigenvalue weighted by atomic mass is 10.2. The van der Waals surface area contributed by atoms with Crippen molar-refractivity contribution >= 4 is 57.3 Å². The van der Waals surface area contributed by atoms with Gasteiger partial charge in [0.1, 0.15) is 5.82 Å². The number of nitrogens with zero attached hydrogens (tertiary/aromatic N) is 1. The maximum atomic E-state index is 11.4. The predicted molar refractivity (Wildman–Crippen MR) is 84.6 cm³/mol. The molecule has 0 atom stereocenters. The van der Waals surface area contributed by atoms with Crippen LogP contribution >= 0.6 is 34.2 Å². The second kappa shape index (κ2) is 5.62. The molecule has 0 radical (unpaired) electrons. The van der Waals surface area contributed by atoms with Crippen molar-refractivity contribution < 1.29 is 4.79 Å². The molecule has 0 spiro atoms. The average molecular weight is 389 g/mol. The number of carbonyl (C=O) groups excluding carboxylic acids is 1. The number of amides is 1. The van der Waals surface area contributed by atoms with Crippen LogP contribution in [0.3, 0.4) is 0 Å². The van der Waals surface area contributed by atoms with Crippen molar-refractivity contribution in [3.8, 4) is 0 Å². The first-order valence-electron chi connectivity index (χ1n) is 5.25. The number of aromatic nitrogens is 1. The second-order valence-corrected chi connectivity index (χ2v) is 5.38. The highest BCUT2D eigenvalue weighted by molar-refractivity contribution is 14.1. The molecule has 2 rings (SSSR count). The van der Waals surface area contributed by atoms with E-state index in [4.69, 9.17) is 23.1 Å². The molecular weight excluding hydrogens is 379 g/mol. The van der Waals surface area contributed by atoms with Crippen molar-refractivity contribution in [3.05, 3.63) is 44.6 Å². The Morgan fingerprint density at radius 1 is 1.37 bits per heavy atom. The molecule has 7 heteroatoms. The summed E-state index contributed by atoms with van der Waals surface area (Å²) in [4.78, 5) is 15.5. The van der Waals surface area contributed by atoms with Gasteiger partial charge in [-0.3, -0.25) is 4.79 Å². The number of primary amides is 1. The summed E-state index contributed by atoms with van der Waals surface area (Å²) in [6.07, 6.45) is 1.46. The number of halogens is 2. The minimum absolute atomic E-state index is 0.241. The van der Waals surface area contributed by atoms with Gasteiger partial charge in [-0.15, -0.1) is 0 Å². The Bertz CT molecular complexity index is 648. The molecule has 0 bridgehead atoms. The Hall–Kier alpha value is -1.54. The Kier molecular flexibility index (Phi) is 4.11. The van der Waals surface area contributed by atoms with Gasteiger partial charge in [0.15, 0.2) is 0 Å². The molecule has 0 unspecified atom stereocenters. The molecule has 2 aromatic rings. The Morgan fingerprint density at radius 2 is 2.11 bits per heavy atom. The smallest absolute Gasteiger partial charge is 0.252 e. The Labute approximate surface area is 128 Å². The largest absolute Gasteiger partial charge is 0.397 e. The molecule has 1 heterocycles. The summed E-state index contributed by atoms with van der Waals surface area (Å²) in [6.45, 7) is 0. The van der Waals surface area contributed by atoms with Crippen LogP contribution in [-0.4, -0.2) is 10.9 Å². The van der Waals surface area contributed by atoms with E-state index in [1.807, 2.05) is 0 Å². The van der Waals surface area contributed by atoms with E-state index in [1.165, 1.54) is 12.3 Å². The number of hydrogen-bond donors (Lipinski definition) is 3. The van der Waals surface area contributed by atoms with E-state index < -0.39 is 5.91 Å². The molecule has 1 amide bonds. The molecule has 5 nitrogen and oxygen atoms in total. The second-order valence-electron chi connectivity index (χ2n) is 3.78. The van der Waals surface area contributed by atoms with Gasteiger partial charge in [-0.1, -0.05) is 11.6 Å². The molecule has 0 aliphatic carbocycles. The third kappa shape index (κ3) is 3.27. The van der Waals surface area contributed by atoms with Crippen molar-refractivity contribution in [1.29, 1.82) is 0 Å². The van der Waals surface area contributed by atoms with Crippen molar-refractivity contribution in [3.63, 3.8) is 0 Å². The number of hydrogen-bond acceptors (Lipinski definition) is 4. The highest BCUT2D eigenvalue weighted by Gasteiger charge is 2.11. The van der Waals surface area contributed by atoms with E-state index >= 15 is 0 Å². The summed E-state index contributed by atoms with van der Waals surface area (Å²) in [7, 11) is 0. The topological polar surface area (TPSA) is 94.0 Å². The number of nitrogens with two attached hydrogens (primary N) is 2. The average Bonchev–Trinajstić information content (AvgIpc) is 2.34. The lowest BCUT2D eigenvalue weighted by molar-refractivity contribution is 0.100. The molecule has 0 saturated heterocycles. The van der Waals surface area contributed by atoms with E-state index in [2.05, 4.69) is 32.9 Å². The number of benzene rings is 1. The first-order chi connectivity index (χ1) is 8.97. The number of rotatable bonds is 3. The predicted octanol–water partition coefficient (Wildman–Crippen LogP) is 2.76. The standard InChI is InChI=1S/C12H10ClIN4O/c13-6-1-2-10(9(14)3-6)18-12-8(11(16)19)4-7(15)5-17-12/h1-5H,15H2,(H2,16,19)(H,17,18). The summed E-state index contributed by atoms with van der Waals surface area (Å²) >= 11 is 8.02. The van der Waals surface area contributed by atoms with E-state index in [0.29, 0.717) is 16.5 Å². The van der Waals surface area contributed by atoms with E-state index in [1.54, 1.807) is 18.2 Å². The SMILES string of the molecule is NC(=O)c1cc(N)cnc1Nc1ccc(Cl)cc1I. The van der Waals surface area contributed by atoms with Gasteiger partial charge < -0.3 is 16.8 Å². The molecule has 98 valence electrons. The van der Waals surface area contributed by atoms with Gasteiger partial charge in [0.2, 0.25) is 0 Å². The van der Waals surface area contributed by atoms with Gasteiger partial charge in [-0.25, -0.2) is 4.98 Å². The number of carbonyl (C=O) groups is 1. The fourth-order valence-corrected chi connectivity index (χ4v) is 2.49. The number of pyridine rings is 1. The Morgan fingerprint density at radius 3 is 2.74 bits per heavy atom. The molecule has 1 aromatic carbocycles. The summed E-state index contributed by atoms with van der Waals surface area (Å²) < 4.78 is 0.902. The molecule has 0 saturated carbocycles. The van der Waals surface area contributed by atoms with Crippen LogP contribution < -0.4 is 16.8 Å². The van der Waals surface area contributed by atoms with E-state index in [0.717, 1.165) is 9.26 Å². The summed E-state index contributed by atoms with van der Waals surface area (Å²) in [5.74, 6) is -0.229. The summed E-state index contributed by atoms with van der Waals surface area (Å²) in [5, 5.41) is 3.68. The van der Waals surface area contributed by atoms with Crippen molar-refractivity contribution in [1.82, 2.24) is 4.98 Å².